The van der Waals surface area contributed by atoms with Crippen molar-refractivity contribution in [3.05, 3.63) is 71.3 Å². The third-order valence-corrected chi connectivity index (χ3v) is 12.1. The van der Waals surface area contributed by atoms with Gasteiger partial charge in [-0.05, 0) is 70.5 Å². The molecular weight excluding hydrogens is 847 g/mol. The molecule has 2 aromatic carbocycles. The summed E-state index contributed by atoms with van der Waals surface area (Å²) in [4.78, 5) is 47.2. The van der Waals surface area contributed by atoms with Crippen molar-refractivity contribution in [2.45, 2.75) is 72.5 Å². The van der Waals surface area contributed by atoms with Gasteiger partial charge in [0.2, 0.25) is 11.8 Å². The average molecular weight is 900 g/mol. The quantitative estimate of drug-likeness (QED) is 0.0954. The molecule has 1 aliphatic heterocycles. The second-order valence-corrected chi connectivity index (χ2v) is 16.5. The summed E-state index contributed by atoms with van der Waals surface area (Å²) in [7, 11) is 1.48. The van der Waals surface area contributed by atoms with E-state index in [0.29, 0.717) is 118 Å². The van der Waals surface area contributed by atoms with Gasteiger partial charge in [0.1, 0.15) is 34.2 Å². The number of hydrogen-bond donors (Lipinski definition) is 4. The second kappa shape index (κ2) is 18.1. The molecule has 6 aromatic heterocycles. The summed E-state index contributed by atoms with van der Waals surface area (Å²) in [5.74, 6) is 0.175. The molecule has 344 valence electrons. The second-order valence-electron chi connectivity index (χ2n) is 16.5. The minimum Gasteiger partial charge on any atom is -0.495 e. The zero-order chi connectivity index (χ0) is 46.4. The molecule has 0 bridgehead atoms. The number of hydrogen-bond acceptors (Lipinski definition) is 14. The fraction of sp³-hybridized carbons (Fsp3) is 0.391. The highest BCUT2D eigenvalue weighted by Crippen LogP contribution is 2.39. The number of ether oxygens (including phenoxy) is 3. The fourth-order valence-electron chi connectivity index (χ4n) is 8.93. The molecule has 9 rings (SSSR count). The molecule has 20 nitrogen and oxygen atoms in total. The lowest BCUT2D eigenvalue weighted by atomic mass is 10.1. The Labute approximate surface area is 378 Å². The number of benzene rings is 2. The minimum absolute atomic E-state index is 0.168. The number of methoxy groups -OCH3 is 1. The molecule has 1 aliphatic rings. The Morgan fingerprint density at radius 3 is 1.68 bits per heavy atom. The van der Waals surface area contributed by atoms with Crippen LogP contribution in [0, 0.1) is 13.8 Å². The third-order valence-electron chi connectivity index (χ3n) is 12.1. The van der Waals surface area contributed by atoms with Crippen molar-refractivity contribution < 1.29 is 34.0 Å². The van der Waals surface area contributed by atoms with E-state index in [0.717, 1.165) is 31.0 Å². The van der Waals surface area contributed by atoms with Crippen molar-refractivity contribution in [3.63, 3.8) is 0 Å². The van der Waals surface area contributed by atoms with Crippen LogP contribution in [0.15, 0.2) is 48.8 Å². The lowest BCUT2D eigenvalue weighted by molar-refractivity contribution is 0.00226. The highest BCUT2D eigenvalue weighted by atomic mass is 16.5. The molecule has 8 aromatic rings. The van der Waals surface area contributed by atoms with Crippen molar-refractivity contribution in [1.82, 2.24) is 53.5 Å². The molecule has 0 aliphatic carbocycles. The number of nitrogens with two attached hydrogens (primary N) is 2. The van der Waals surface area contributed by atoms with Gasteiger partial charge >= 0.3 is 0 Å². The van der Waals surface area contributed by atoms with E-state index in [1.807, 2.05) is 44.5 Å². The SMILES string of the molecule is CCn1nc(C)cc1-c1ncc2c3cc(C(N)=O)cc(OC)c3n(CC(O)C(O)Cn3c4nc(-c5cc(C)nn5CC)ncc4c4cc(C(N)=O)cc(OCCCN5CCOCC5)c43)c2n1. The first-order chi connectivity index (χ1) is 31.9. The Morgan fingerprint density at radius 1 is 0.727 bits per heavy atom. The van der Waals surface area contributed by atoms with Gasteiger partial charge in [0, 0.05) is 77.8 Å². The number of carbonyl (C=O) groups excluding carboxylic acids is 2. The van der Waals surface area contributed by atoms with Gasteiger partial charge in [0.25, 0.3) is 0 Å². The number of aryl methyl sites for hydroxylation is 4. The topological polar surface area (TPSA) is 255 Å². The molecule has 1 fully saturated rings. The number of nitrogens with zero attached hydrogens (tertiary/aromatic N) is 11. The molecule has 2 atom stereocenters. The highest BCUT2D eigenvalue weighted by Gasteiger charge is 2.28. The van der Waals surface area contributed by atoms with Crippen molar-refractivity contribution in [1.29, 1.82) is 0 Å². The van der Waals surface area contributed by atoms with Crippen LogP contribution in [0.3, 0.4) is 0 Å². The minimum atomic E-state index is -1.43. The van der Waals surface area contributed by atoms with E-state index in [1.54, 1.807) is 44.4 Å². The highest BCUT2D eigenvalue weighted by molar-refractivity contribution is 6.13. The number of carbonyl (C=O) groups is 2. The largest absolute Gasteiger partial charge is 0.495 e. The Morgan fingerprint density at radius 2 is 1.21 bits per heavy atom. The monoisotopic (exact) mass is 899 g/mol. The van der Waals surface area contributed by atoms with Crippen LogP contribution in [0.5, 0.6) is 11.5 Å². The van der Waals surface area contributed by atoms with E-state index in [2.05, 4.69) is 15.1 Å². The summed E-state index contributed by atoms with van der Waals surface area (Å²) < 4.78 is 25.0. The van der Waals surface area contributed by atoms with E-state index in [4.69, 9.17) is 45.6 Å². The van der Waals surface area contributed by atoms with Gasteiger partial charge in [0.05, 0.1) is 74.6 Å². The normalized spacial score (nSPS) is 14.5. The first-order valence-electron chi connectivity index (χ1n) is 22.1. The van der Waals surface area contributed by atoms with E-state index < -0.39 is 24.0 Å². The number of primary amides is 2. The van der Waals surface area contributed by atoms with Gasteiger partial charge in [-0.3, -0.25) is 23.9 Å². The van der Waals surface area contributed by atoms with E-state index in [9.17, 15) is 19.8 Å². The van der Waals surface area contributed by atoms with Gasteiger partial charge < -0.3 is 45.0 Å². The predicted molar refractivity (Wildman–Crippen MR) is 246 cm³/mol. The zero-order valence-electron chi connectivity index (χ0n) is 37.6. The summed E-state index contributed by atoms with van der Waals surface area (Å²) in [6, 6.07) is 10.3. The van der Waals surface area contributed by atoms with Crippen LogP contribution >= 0.6 is 0 Å². The number of amides is 2. The van der Waals surface area contributed by atoms with E-state index in [1.165, 1.54) is 13.2 Å². The summed E-state index contributed by atoms with van der Waals surface area (Å²) in [5, 5.41) is 36.0. The molecule has 0 radical (unpaired) electrons. The number of fused-ring (bicyclic) bond motifs is 6. The Kier molecular flexibility index (Phi) is 12.1. The molecule has 0 spiro atoms. The van der Waals surface area contributed by atoms with E-state index >= 15 is 0 Å². The average Bonchev–Trinajstić information content (AvgIpc) is 4.07. The molecule has 1 saturated heterocycles. The zero-order valence-corrected chi connectivity index (χ0v) is 37.6. The molecule has 20 heteroatoms. The Hall–Kier alpha value is -7.00. The van der Waals surface area contributed by atoms with Crippen LogP contribution in [0.2, 0.25) is 0 Å². The van der Waals surface area contributed by atoms with Crippen molar-refractivity contribution in [2.75, 3.05) is 46.6 Å². The molecule has 2 amide bonds. The predicted octanol–water partition coefficient (Wildman–Crippen LogP) is 3.60. The molecule has 0 saturated carbocycles. The molecule has 2 unspecified atom stereocenters. The maximum Gasteiger partial charge on any atom is 0.248 e. The summed E-state index contributed by atoms with van der Waals surface area (Å²) in [6.45, 7) is 12.7. The maximum atomic E-state index is 12.8. The Balaban J connectivity index is 1.15. The van der Waals surface area contributed by atoms with Gasteiger partial charge in [0.15, 0.2) is 11.6 Å². The third kappa shape index (κ3) is 8.16. The van der Waals surface area contributed by atoms with Crippen molar-refractivity contribution >= 4 is 55.7 Å². The van der Waals surface area contributed by atoms with Crippen molar-refractivity contribution in [2.24, 2.45) is 11.5 Å². The van der Waals surface area contributed by atoms with E-state index in [-0.39, 0.29) is 24.2 Å². The van der Waals surface area contributed by atoms with Crippen LogP contribution in [0.4, 0.5) is 0 Å². The number of aliphatic hydroxyl groups excluding tert-OH is 2. The maximum absolute atomic E-state index is 12.8. The molecule has 7 heterocycles. The van der Waals surface area contributed by atoms with Gasteiger partial charge in [-0.25, -0.2) is 19.9 Å². The number of rotatable bonds is 17. The number of aromatic nitrogens is 10. The van der Waals surface area contributed by atoms with Crippen LogP contribution < -0.4 is 20.9 Å². The smallest absolute Gasteiger partial charge is 0.248 e. The Bertz CT molecular complexity index is 3140. The van der Waals surface area contributed by atoms with Gasteiger partial charge in [-0.2, -0.15) is 10.2 Å². The van der Waals surface area contributed by atoms with Crippen LogP contribution in [-0.4, -0.2) is 134 Å². The number of morpholine rings is 1. The molecule has 66 heavy (non-hydrogen) atoms. The first-order valence-corrected chi connectivity index (χ1v) is 22.1. The van der Waals surface area contributed by atoms with Gasteiger partial charge in [-0.15, -0.1) is 0 Å². The lowest BCUT2D eigenvalue weighted by Gasteiger charge is -2.26. The van der Waals surface area contributed by atoms with Crippen LogP contribution in [0.1, 0.15) is 52.4 Å². The molecular formula is C46H53N13O7. The van der Waals surface area contributed by atoms with Crippen LogP contribution in [-0.2, 0) is 30.9 Å². The standard InChI is InChI=1S/C46H53N13O7/c1-6-58-33(15-25(3)53-58)43-49-21-31-29-17-27(41(47)62)19-37(64-5)39(29)56(45(31)51-43)23-35(60)36(61)24-57-40-30(32-22-50-44(52-46(32)57)34-16-26(4)54-59(34)7-2)18-28(42(48)63)20-38(40)66-12-8-9-55-10-13-65-14-11-55/h15-22,35-36,60-61H,6-14,23-24H2,1-5H3,(H2,47,62)(H2,48,63). The summed E-state index contributed by atoms with van der Waals surface area (Å²) in [5.41, 5.74) is 17.0. The first kappa shape index (κ1) is 44.2. The van der Waals surface area contributed by atoms with Crippen LogP contribution in [0.25, 0.3) is 66.9 Å². The molecule has 6 N–H and O–H groups in total. The van der Waals surface area contributed by atoms with Crippen molar-refractivity contribution in [3.8, 4) is 34.5 Å². The lowest BCUT2D eigenvalue weighted by Crippen LogP contribution is -2.37. The summed E-state index contributed by atoms with van der Waals surface area (Å²) in [6.07, 6.45) is 1.19. The fourth-order valence-corrected chi connectivity index (χ4v) is 8.93. The number of aliphatic hydroxyl groups is 2. The van der Waals surface area contributed by atoms with Gasteiger partial charge in [-0.1, -0.05) is 0 Å². The summed E-state index contributed by atoms with van der Waals surface area (Å²) >= 11 is 0.